The third-order valence-electron chi connectivity index (χ3n) is 6.87. The average molecular weight is 372 g/mol. The number of fused-ring (bicyclic) bond motifs is 2. The highest BCUT2D eigenvalue weighted by Crippen LogP contribution is 2.39. The third kappa shape index (κ3) is 2.76. The summed E-state index contributed by atoms with van der Waals surface area (Å²) in [6.07, 6.45) is 10.4. The molecule has 2 aliphatic heterocycles. The van der Waals surface area contributed by atoms with Crippen molar-refractivity contribution in [3.8, 4) is 22.4 Å². The molecule has 3 heteroatoms. The summed E-state index contributed by atoms with van der Waals surface area (Å²) < 4.78 is 2.36. The highest BCUT2D eigenvalue weighted by Gasteiger charge is 2.44. The molecule has 0 radical (unpaired) electrons. The molecule has 0 bridgehead atoms. The van der Waals surface area contributed by atoms with Crippen LogP contribution in [0, 0.1) is 6.92 Å². The number of nitrogens with zero attached hydrogens (tertiary/aromatic N) is 2. The van der Waals surface area contributed by atoms with Crippen molar-refractivity contribution in [2.24, 2.45) is 7.05 Å². The van der Waals surface area contributed by atoms with Crippen LogP contribution in [0.15, 0.2) is 55.0 Å². The van der Waals surface area contributed by atoms with Gasteiger partial charge in [0.05, 0.1) is 8.07 Å². The maximum Gasteiger partial charge on any atom is 0.212 e. The van der Waals surface area contributed by atoms with Crippen LogP contribution in [0.5, 0.6) is 0 Å². The Bertz CT molecular complexity index is 1000. The van der Waals surface area contributed by atoms with E-state index in [2.05, 4.69) is 60.1 Å². The molecule has 0 unspecified atom stereocenters. The van der Waals surface area contributed by atoms with Gasteiger partial charge >= 0.3 is 0 Å². The van der Waals surface area contributed by atoms with Crippen molar-refractivity contribution in [2.45, 2.75) is 44.3 Å². The Hall–Kier alpha value is -2.26. The molecule has 0 amide bonds. The zero-order chi connectivity index (χ0) is 18.4. The fraction of sp³-hybridized carbons (Fsp3) is 0.333. The van der Waals surface area contributed by atoms with E-state index in [9.17, 15) is 0 Å². The fourth-order valence-electron chi connectivity index (χ4n) is 5.36. The lowest BCUT2D eigenvalue weighted by molar-refractivity contribution is -0.660. The molecule has 2 aromatic heterocycles. The molecule has 1 spiro atoms. The highest BCUT2D eigenvalue weighted by atomic mass is 28.3. The van der Waals surface area contributed by atoms with Gasteiger partial charge in [0.25, 0.3) is 0 Å². The first-order chi connectivity index (χ1) is 13.2. The van der Waals surface area contributed by atoms with Gasteiger partial charge in [0.2, 0.25) is 5.69 Å². The quantitative estimate of drug-likeness (QED) is 0.477. The van der Waals surface area contributed by atoms with Crippen molar-refractivity contribution in [3.63, 3.8) is 0 Å². The van der Waals surface area contributed by atoms with E-state index >= 15 is 0 Å². The first-order valence-corrected chi connectivity index (χ1v) is 12.8. The van der Waals surface area contributed by atoms with Gasteiger partial charge < -0.3 is 0 Å². The summed E-state index contributed by atoms with van der Waals surface area (Å²) in [5, 5.41) is 1.78. The molecular formula is C24H27N2Si+. The van der Waals surface area contributed by atoms with Gasteiger partial charge in [0.1, 0.15) is 7.05 Å². The van der Waals surface area contributed by atoms with Crippen LogP contribution < -0.4 is 9.75 Å². The minimum Gasteiger partial charge on any atom is -0.264 e. The summed E-state index contributed by atoms with van der Waals surface area (Å²) in [7, 11) is 1.02. The minimum atomic E-state index is -1.20. The van der Waals surface area contributed by atoms with Crippen LogP contribution in [0.4, 0.5) is 0 Å². The van der Waals surface area contributed by atoms with Gasteiger partial charge in [-0.25, -0.2) is 4.57 Å². The molecule has 1 fully saturated rings. The molecule has 136 valence electrons. The largest absolute Gasteiger partial charge is 0.264 e. The van der Waals surface area contributed by atoms with Gasteiger partial charge in [0, 0.05) is 35.2 Å². The minimum absolute atomic E-state index is 1.18. The molecular weight excluding hydrogens is 344 g/mol. The molecule has 2 nitrogen and oxygen atoms in total. The van der Waals surface area contributed by atoms with E-state index < -0.39 is 8.07 Å². The maximum absolute atomic E-state index is 4.30. The molecule has 27 heavy (non-hydrogen) atoms. The Morgan fingerprint density at radius 1 is 1.00 bits per heavy atom. The summed E-state index contributed by atoms with van der Waals surface area (Å²) >= 11 is 0. The van der Waals surface area contributed by atoms with E-state index in [-0.39, 0.29) is 0 Å². The summed E-state index contributed by atoms with van der Waals surface area (Å²) in [6, 6.07) is 18.1. The van der Waals surface area contributed by atoms with Gasteiger partial charge in [0.15, 0.2) is 6.20 Å². The normalized spacial score (nSPS) is 17.4. The smallest absolute Gasteiger partial charge is 0.212 e. The van der Waals surface area contributed by atoms with Crippen molar-refractivity contribution in [2.75, 3.05) is 0 Å². The van der Waals surface area contributed by atoms with Crippen molar-refractivity contribution < 1.29 is 4.57 Å². The van der Waals surface area contributed by atoms with Crippen molar-refractivity contribution in [1.82, 2.24) is 4.98 Å². The lowest BCUT2D eigenvalue weighted by atomic mass is 9.98. The molecule has 0 N–H and O–H groups in total. The predicted octanol–water partition coefficient (Wildman–Crippen LogP) is 4.55. The molecule has 3 aromatic rings. The fourth-order valence-corrected chi connectivity index (χ4v) is 10.8. The molecule has 2 aliphatic rings. The van der Waals surface area contributed by atoms with Gasteiger partial charge in [-0.15, -0.1) is 0 Å². The molecule has 0 aliphatic carbocycles. The van der Waals surface area contributed by atoms with Crippen LogP contribution in [0.1, 0.15) is 24.0 Å². The van der Waals surface area contributed by atoms with Gasteiger partial charge in [-0.1, -0.05) is 43.1 Å². The van der Waals surface area contributed by atoms with E-state index in [1.807, 2.05) is 18.5 Å². The van der Waals surface area contributed by atoms with Crippen LogP contribution in [0.2, 0.25) is 18.1 Å². The van der Waals surface area contributed by atoms with Crippen molar-refractivity contribution >= 4 is 13.3 Å². The summed E-state index contributed by atoms with van der Waals surface area (Å²) in [5.41, 5.74) is 8.14. The number of pyridine rings is 2. The Balaban J connectivity index is 1.65. The van der Waals surface area contributed by atoms with E-state index in [1.54, 1.807) is 10.8 Å². The van der Waals surface area contributed by atoms with Crippen molar-refractivity contribution in [3.05, 3.63) is 66.1 Å². The number of aromatic nitrogens is 2. The van der Waals surface area contributed by atoms with E-state index in [0.717, 1.165) is 0 Å². The highest BCUT2D eigenvalue weighted by molar-refractivity contribution is 6.93. The van der Waals surface area contributed by atoms with Gasteiger partial charge in [-0.05, 0) is 47.8 Å². The third-order valence-corrected chi connectivity index (χ3v) is 12.3. The molecule has 1 aromatic carbocycles. The monoisotopic (exact) mass is 371 g/mol. The maximum atomic E-state index is 4.30. The summed E-state index contributed by atoms with van der Waals surface area (Å²) in [4.78, 5) is 4.30. The second kappa shape index (κ2) is 6.41. The topological polar surface area (TPSA) is 16.8 Å². The number of hydrogen-bond acceptors (Lipinski definition) is 1. The van der Waals surface area contributed by atoms with Gasteiger partial charge in [-0.2, -0.15) is 0 Å². The van der Waals surface area contributed by atoms with E-state index in [0.29, 0.717) is 0 Å². The van der Waals surface area contributed by atoms with E-state index in [1.165, 1.54) is 65.3 Å². The van der Waals surface area contributed by atoms with Crippen LogP contribution in [-0.2, 0) is 13.5 Å². The molecule has 5 rings (SSSR count). The Labute approximate surface area is 162 Å². The Kier molecular flexibility index (Phi) is 4.01. The summed E-state index contributed by atoms with van der Waals surface area (Å²) in [5.74, 6) is 0. The van der Waals surface area contributed by atoms with Gasteiger partial charge in [-0.3, -0.25) is 4.98 Å². The van der Waals surface area contributed by atoms with Crippen molar-refractivity contribution in [1.29, 1.82) is 0 Å². The lowest BCUT2D eigenvalue weighted by Gasteiger charge is -2.21. The summed E-state index contributed by atoms with van der Waals surface area (Å²) in [6.45, 7) is 2.23. The predicted molar refractivity (Wildman–Crippen MR) is 114 cm³/mol. The molecule has 4 heterocycles. The van der Waals surface area contributed by atoms with Crippen LogP contribution in [0.3, 0.4) is 0 Å². The number of rotatable bonds is 2. The van der Waals surface area contributed by atoms with Crippen LogP contribution >= 0.6 is 0 Å². The Morgan fingerprint density at radius 2 is 1.85 bits per heavy atom. The number of hydrogen-bond donors (Lipinski definition) is 0. The standard InChI is InChI=1S/C24H27N2Si/c1-18-7-8-19(20-6-5-10-25-16-20)14-22(18)23-15-24-21(17-26(23)2)9-13-27(24)11-3-4-12-27/h5-8,10,14-17H,3-4,9,11-13H2,1-2H3/q+1. The molecule has 0 atom stereocenters. The zero-order valence-electron chi connectivity index (χ0n) is 16.3. The SMILES string of the molecule is Cc1ccc(-c2cccnc2)cc1-c1cc2c(c[n+]1C)CC[Si]21CCCC1. The van der Waals surface area contributed by atoms with Crippen LogP contribution in [-0.4, -0.2) is 13.1 Å². The first kappa shape index (κ1) is 16.9. The second-order valence-corrected chi connectivity index (χ2v) is 13.1. The molecule has 1 saturated heterocycles. The number of benzene rings is 1. The first-order valence-electron chi connectivity index (χ1n) is 10.2. The molecule has 0 saturated carbocycles. The Morgan fingerprint density at radius 3 is 2.63 bits per heavy atom. The second-order valence-electron chi connectivity index (χ2n) is 8.47. The van der Waals surface area contributed by atoms with E-state index in [4.69, 9.17) is 0 Å². The zero-order valence-corrected chi connectivity index (χ0v) is 17.3. The lowest BCUT2D eigenvalue weighted by Crippen LogP contribution is -2.44. The average Bonchev–Trinajstić information content (AvgIpc) is 3.31. The van der Waals surface area contributed by atoms with Crippen LogP contribution in [0.25, 0.3) is 22.4 Å². The number of aryl methyl sites for hydroxylation is 3.